The highest BCUT2D eigenvalue weighted by atomic mass is 19.4. The Labute approximate surface area is 108 Å². The van der Waals surface area contributed by atoms with Crippen molar-refractivity contribution in [1.82, 2.24) is 14.8 Å². The van der Waals surface area contributed by atoms with Crippen LogP contribution in [0.5, 0.6) is 0 Å². The number of hydrogen-bond acceptors (Lipinski definition) is 5. The van der Waals surface area contributed by atoms with E-state index in [9.17, 15) is 13.2 Å². The average molecular weight is 282 g/mol. The topological polar surface area (TPSA) is 75.2 Å². The van der Waals surface area contributed by atoms with Crippen LogP contribution in [0.4, 0.5) is 13.2 Å². The van der Waals surface area contributed by atoms with E-state index in [0.717, 1.165) is 0 Å². The van der Waals surface area contributed by atoms with Crippen molar-refractivity contribution in [2.24, 2.45) is 5.73 Å². The molecule has 0 aliphatic carbocycles. The van der Waals surface area contributed by atoms with Crippen molar-refractivity contribution < 1.29 is 22.6 Å². The molecule has 0 atom stereocenters. The third kappa shape index (κ3) is 5.53. The Bertz CT molecular complexity index is 381. The van der Waals surface area contributed by atoms with Crippen LogP contribution in [0.15, 0.2) is 0 Å². The number of aromatic nitrogens is 3. The number of nitrogens with two attached hydrogens (primary N) is 1. The molecule has 0 radical (unpaired) electrons. The molecule has 0 amide bonds. The Kier molecular flexibility index (Phi) is 6.19. The molecular formula is C10H17F3N4O2. The van der Waals surface area contributed by atoms with Crippen LogP contribution in [0.1, 0.15) is 11.6 Å². The molecular weight excluding hydrogens is 265 g/mol. The molecule has 2 N–H and O–H groups in total. The standard InChI is InChI=1S/C10H17F3N4O2/c1-18-5-3-17-8(15-16-9(17)6-14)2-4-19-7-10(11,12)13/h2-7,14H2,1H3. The Balaban J connectivity index is 2.50. The van der Waals surface area contributed by atoms with Gasteiger partial charge in [0, 0.05) is 20.1 Å². The molecule has 9 heteroatoms. The van der Waals surface area contributed by atoms with E-state index in [1.54, 1.807) is 11.7 Å². The normalized spacial score (nSPS) is 12.1. The largest absolute Gasteiger partial charge is 0.411 e. The summed E-state index contributed by atoms with van der Waals surface area (Å²) in [6.45, 7) is -0.176. The molecule has 1 aromatic heterocycles. The molecule has 0 aliphatic rings. The predicted molar refractivity (Wildman–Crippen MR) is 60.4 cm³/mol. The zero-order chi connectivity index (χ0) is 14.3. The van der Waals surface area contributed by atoms with Crippen molar-refractivity contribution in [3.8, 4) is 0 Å². The number of alkyl halides is 3. The molecule has 0 bridgehead atoms. The van der Waals surface area contributed by atoms with Crippen LogP contribution in [-0.2, 0) is 29.0 Å². The van der Waals surface area contributed by atoms with Crippen LogP contribution in [-0.4, -0.2) is 47.9 Å². The van der Waals surface area contributed by atoms with Crippen LogP contribution in [0.25, 0.3) is 0 Å². The van der Waals surface area contributed by atoms with Crippen molar-refractivity contribution in [1.29, 1.82) is 0 Å². The lowest BCUT2D eigenvalue weighted by Crippen LogP contribution is -2.19. The van der Waals surface area contributed by atoms with Crippen LogP contribution in [0, 0.1) is 0 Å². The van der Waals surface area contributed by atoms with Gasteiger partial charge in [0.1, 0.15) is 18.3 Å². The molecule has 6 nitrogen and oxygen atoms in total. The van der Waals surface area contributed by atoms with E-state index < -0.39 is 12.8 Å². The first-order valence-corrected chi connectivity index (χ1v) is 5.72. The fourth-order valence-corrected chi connectivity index (χ4v) is 1.50. The molecule has 1 rings (SSSR count). The summed E-state index contributed by atoms with van der Waals surface area (Å²) < 4.78 is 46.9. The van der Waals surface area contributed by atoms with E-state index in [4.69, 9.17) is 10.5 Å². The number of halogens is 3. The lowest BCUT2D eigenvalue weighted by atomic mass is 10.4. The minimum Gasteiger partial charge on any atom is -0.383 e. The lowest BCUT2D eigenvalue weighted by molar-refractivity contribution is -0.173. The van der Waals surface area contributed by atoms with E-state index in [2.05, 4.69) is 14.9 Å². The molecule has 0 saturated carbocycles. The Morgan fingerprint density at radius 1 is 1.21 bits per heavy atom. The summed E-state index contributed by atoms with van der Waals surface area (Å²) in [6, 6.07) is 0. The van der Waals surface area contributed by atoms with Gasteiger partial charge < -0.3 is 19.8 Å². The van der Waals surface area contributed by atoms with E-state index in [1.807, 2.05) is 0 Å². The second kappa shape index (κ2) is 7.41. The van der Waals surface area contributed by atoms with E-state index in [0.29, 0.717) is 24.8 Å². The van der Waals surface area contributed by atoms with Gasteiger partial charge in [0.05, 0.1) is 19.8 Å². The maximum Gasteiger partial charge on any atom is 0.411 e. The number of hydrogen-bond donors (Lipinski definition) is 1. The van der Waals surface area contributed by atoms with Crippen molar-refractivity contribution >= 4 is 0 Å². The summed E-state index contributed by atoms with van der Waals surface area (Å²) in [7, 11) is 1.55. The molecule has 0 aromatic carbocycles. The van der Waals surface area contributed by atoms with Crippen LogP contribution >= 0.6 is 0 Å². The van der Waals surface area contributed by atoms with E-state index >= 15 is 0 Å². The summed E-state index contributed by atoms with van der Waals surface area (Å²) in [4.78, 5) is 0. The Morgan fingerprint density at radius 3 is 2.47 bits per heavy atom. The number of methoxy groups -OCH3 is 1. The quantitative estimate of drug-likeness (QED) is 0.703. The van der Waals surface area contributed by atoms with Crippen molar-refractivity contribution in [2.75, 3.05) is 26.9 Å². The molecule has 110 valence electrons. The highest BCUT2D eigenvalue weighted by molar-refractivity contribution is 4.96. The van der Waals surface area contributed by atoms with Gasteiger partial charge in [0.2, 0.25) is 0 Å². The maximum atomic E-state index is 11.9. The highest BCUT2D eigenvalue weighted by Gasteiger charge is 2.27. The zero-order valence-corrected chi connectivity index (χ0v) is 10.6. The Morgan fingerprint density at radius 2 is 1.89 bits per heavy atom. The van der Waals surface area contributed by atoms with Gasteiger partial charge in [-0.15, -0.1) is 10.2 Å². The van der Waals surface area contributed by atoms with Gasteiger partial charge >= 0.3 is 6.18 Å². The summed E-state index contributed by atoms with van der Waals surface area (Å²) in [5.74, 6) is 1.11. The van der Waals surface area contributed by atoms with Crippen molar-refractivity contribution in [3.05, 3.63) is 11.6 Å². The number of ether oxygens (including phenoxy) is 2. The fourth-order valence-electron chi connectivity index (χ4n) is 1.50. The van der Waals surface area contributed by atoms with Gasteiger partial charge in [-0.1, -0.05) is 0 Å². The van der Waals surface area contributed by atoms with E-state index in [1.165, 1.54) is 0 Å². The van der Waals surface area contributed by atoms with Gasteiger partial charge in [-0.25, -0.2) is 0 Å². The van der Waals surface area contributed by atoms with Crippen LogP contribution in [0.2, 0.25) is 0 Å². The summed E-state index contributed by atoms with van der Waals surface area (Å²) in [5.41, 5.74) is 5.50. The smallest absolute Gasteiger partial charge is 0.383 e. The van der Waals surface area contributed by atoms with Crippen LogP contribution < -0.4 is 5.73 Å². The van der Waals surface area contributed by atoms with Crippen LogP contribution in [0.3, 0.4) is 0 Å². The monoisotopic (exact) mass is 282 g/mol. The SMILES string of the molecule is COCCn1c(CN)nnc1CCOCC(F)(F)F. The maximum absolute atomic E-state index is 11.9. The van der Waals surface area contributed by atoms with E-state index in [-0.39, 0.29) is 19.6 Å². The first kappa shape index (κ1) is 15.9. The highest BCUT2D eigenvalue weighted by Crippen LogP contribution is 2.14. The zero-order valence-electron chi connectivity index (χ0n) is 10.6. The lowest BCUT2D eigenvalue weighted by Gasteiger charge is -2.10. The second-order valence-corrected chi connectivity index (χ2v) is 3.80. The molecule has 0 fully saturated rings. The third-order valence-corrected chi connectivity index (χ3v) is 2.34. The second-order valence-electron chi connectivity index (χ2n) is 3.80. The molecule has 1 heterocycles. The minimum absolute atomic E-state index is 0.0742. The Hall–Kier alpha value is -1.19. The average Bonchev–Trinajstić information content (AvgIpc) is 2.73. The third-order valence-electron chi connectivity index (χ3n) is 2.34. The molecule has 0 saturated heterocycles. The molecule has 0 spiro atoms. The number of nitrogens with zero attached hydrogens (tertiary/aromatic N) is 3. The molecule has 1 aromatic rings. The van der Waals surface area contributed by atoms with Gasteiger partial charge in [0.25, 0.3) is 0 Å². The van der Waals surface area contributed by atoms with Gasteiger partial charge in [-0.3, -0.25) is 0 Å². The van der Waals surface area contributed by atoms with Gasteiger partial charge in [-0.2, -0.15) is 13.2 Å². The van der Waals surface area contributed by atoms with Gasteiger partial charge in [-0.05, 0) is 0 Å². The molecule has 0 aliphatic heterocycles. The summed E-state index contributed by atoms with van der Waals surface area (Å²) in [5, 5.41) is 7.76. The first-order chi connectivity index (χ1) is 8.98. The fraction of sp³-hybridized carbons (Fsp3) is 0.800. The molecule has 19 heavy (non-hydrogen) atoms. The van der Waals surface area contributed by atoms with Crippen molar-refractivity contribution in [2.45, 2.75) is 25.7 Å². The summed E-state index contributed by atoms with van der Waals surface area (Å²) >= 11 is 0. The number of rotatable bonds is 8. The predicted octanol–water partition coefficient (Wildman–Crippen LogP) is 0.505. The first-order valence-electron chi connectivity index (χ1n) is 5.72. The van der Waals surface area contributed by atoms with Gasteiger partial charge in [0.15, 0.2) is 0 Å². The minimum atomic E-state index is -4.31. The summed E-state index contributed by atoms with van der Waals surface area (Å²) in [6.07, 6.45) is -4.07. The van der Waals surface area contributed by atoms with Crippen molar-refractivity contribution in [3.63, 3.8) is 0 Å². The molecule has 0 unspecified atom stereocenters.